The summed E-state index contributed by atoms with van der Waals surface area (Å²) < 4.78 is 13.6. The number of aliphatic hydroxyl groups is 1. The number of benzene rings is 1. The molecule has 2 aliphatic heterocycles. The van der Waals surface area contributed by atoms with Crippen molar-refractivity contribution >= 4 is 0 Å². The van der Waals surface area contributed by atoms with Crippen LogP contribution >= 0.6 is 0 Å². The number of hydrogen-bond donors (Lipinski definition) is 1. The molecule has 0 radical (unpaired) electrons. The van der Waals surface area contributed by atoms with Gasteiger partial charge in [0.25, 0.3) is 0 Å². The van der Waals surface area contributed by atoms with Crippen molar-refractivity contribution in [3.05, 3.63) is 42.2 Å². The van der Waals surface area contributed by atoms with E-state index in [9.17, 15) is 5.11 Å². The zero-order valence-corrected chi connectivity index (χ0v) is 14.3. The van der Waals surface area contributed by atoms with E-state index in [-0.39, 0.29) is 23.7 Å². The monoisotopic (exact) mass is 328 g/mol. The van der Waals surface area contributed by atoms with Crippen molar-refractivity contribution in [2.75, 3.05) is 13.2 Å². The first-order valence-corrected chi connectivity index (χ1v) is 8.50. The summed E-state index contributed by atoms with van der Waals surface area (Å²) in [6.07, 6.45) is 2.91. The maximum atomic E-state index is 9.93. The van der Waals surface area contributed by atoms with Gasteiger partial charge >= 0.3 is 0 Å². The predicted molar refractivity (Wildman–Crippen MR) is 90.9 cm³/mol. The van der Waals surface area contributed by atoms with Crippen LogP contribution in [0.4, 0.5) is 0 Å². The summed E-state index contributed by atoms with van der Waals surface area (Å²) in [4.78, 5) is 4.55. The summed E-state index contributed by atoms with van der Waals surface area (Å²) in [6, 6.07) is 8.62. The van der Waals surface area contributed by atoms with E-state index < -0.39 is 6.10 Å². The number of aromatic nitrogens is 2. The maximum Gasteiger partial charge on any atom is 0.140 e. The Labute approximate surface area is 142 Å². The van der Waals surface area contributed by atoms with Crippen molar-refractivity contribution in [3.8, 4) is 11.4 Å². The van der Waals surface area contributed by atoms with Gasteiger partial charge < -0.3 is 19.1 Å². The number of hydrogen-bond acceptors (Lipinski definition) is 4. The Kier molecular flexibility index (Phi) is 3.75. The molecule has 5 nitrogen and oxygen atoms in total. The average Bonchev–Trinajstić information content (AvgIpc) is 3.24. The number of ether oxygens (including phenoxy) is 2. The molecule has 2 aromatic rings. The van der Waals surface area contributed by atoms with Crippen molar-refractivity contribution in [3.63, 3.8) is 0 Å². The van der Waals surface area contributed by atoms with E-state index in [1.807, 2.05) is 12.4 Å². The maximum absolute atomic E-state index is 9.93. The van der Waals surface area contributed by atoms with Crippen LogP contribution in [-0.2, 0) is 14.9 Å². The van der Waals surface area contributed by atoms with E-state index in [1.165, 1.54) is 5.56 Å². The molecule has 0 amide bonds. The summed E-state index contributed by atoms with van der Waals surface area (Å²) in [5.41, 5.74) is 2.51. The van der Waals surface area contributed by atoms with Crippen LogP contribution in [0.2, 0.25) is 0 Å². The predicted octanol–water partition coefficient (Wildman–Crippen LogP) is 2.55. The van der Waals surface area contributed by atoms with Gasteiger partial charge in [-0.3, -0.25) is 0 Å². The highest BCUT2D eigenvalue weighted by Gasteiger charge is 2.48. The van der Waals surface area contributed by atoms with Crippen LogP contribution in [0.5, 0.6) is 0 Å². The van der Waals surface area contributed by atoms with Gasteiger partial charge in [-0.2, -0.15) is 0 Å². The molecule has 2 saturated heterocycles. The van der Waals surface area contributed by atoms with Crippen molar-refractivity contribution < 1.29 is 14.6 Å². The van der Waals surface area contributed by atoms with Gasteiger partial charge in [0, 0.05) is 18.0 Å². The normalized spacial score (nSPS) is 29.8. The number of rotatable bonds is 2. The van der Waals surface area contributed by atoms with Crippen LogP contribution < -0.4 is 0 Å². The van der Waals surface area contributed by atoms with E-state index in [1.54, 1.807) is 0 Å². The zero-order valence-electron chi connectivity index (χ0n) is 14.3. The molecule has 0 unspecified atom stereocenters. The first kappa shape index (κ1) is 15.8. The molecule has 0 saturated carbocycles. The average molecular weight is 328 g/mol. The fourth-order valence-corrected chi connectivity index (χ4v) is 3.62. The number of fused-ring (bicyclic) bond motifs is 1. The van der Waals surface area contributed by atoms with E-state index in [0.717, 1.165) is 11.4 Å². The van der Waals surface area contributed by atoms with E-state index in [4.69, 9.17) is 9.47 Å². The fourth-order valence-electron chi connectivity index (χ4n) is 3.62. The molecule has 1 N–H and O–H groups in total. The molecule has 0 bridgehead atoms. The molecule has 2 aliphatic rings. The van der Waals surface area contributed by atoms with Crippen LogP contribution in [0.25, 0.3) is 11.4 Å². The number of nitrogens with zero attached hydrogens (tertiary/aromatic N) is 2. The topological polar surface area (TPSA) is 56.5 Å². The van der Waals surface area contributed by atoms with Crippen molar-refractivity contribution in [2.24, 2.45) is 0 Å². The van der Waals surface area contributed by atoms with Crippen molar-refractivity contribution in [1.29, 1.82) is 0 Å². The molecular formula is C19H24N2O3. The Morgan fingerprint density at radius 1 is 1.08 bits per heavy atom. The zero-order chi connectivity index (χ0) is 16.9. The Bertz CT molecular complexity index is 717. The lowest BCUT2D eigenvalue weighted by Crippen LogP contribution is -2.30. The second-order valence-electron chi connectivity index (χ2n) is 7.72. The second kappa shape index (κ2) is 5.69. The number of aliphatic hydroxyl groups excluding tert-OH is 1. The SMILES string of the molecule is CC(C)(C)c1ccc(-c2nccn2[C@@H]2CO[C@H]3[C@@H]2OC[C@H]3O)cc1. The highest BCUT2D eigenvalue weighted by molar-refractivity contribution is 5.56. The Hall–Kier alpha value is -1.69. The van der Waals surface area contributed by atoms with Crippen LogP contribution in [0, 0.1) is 0 Å². The molecule has 4 atom stereocenters. The Morgan fingerprint density at radius 2 is 1.79 bits per heavy atom. The van der Waals surface area contributed by atoms with Gasteiger partial charge in [-0.05, 0) is 11.0 Å². The summed E-state index contributed by atoms with van der Waals surface area (Å²) >= 11 is 0. The van der Waals surface area contributed by atoms with Crippen molar-refractivity contribution in [1.82, 2.24) is 9.55 Å². The van der Waals surface area contributed by atoms with Crippen molar-refractivity contribution in [2.45, 2.75) is 50.5 Å². The Balaban J connectivity index is 1.64. The lowest BCUT2D eigenvalue weighted by Gasteiger charge is -2.21. The third-order valence-corrected chi connectivity index (χ3v) is 5.04. The van der Waals surface area contributed by atoms with Crippen LogP contribution in [-0.4, -0.2) is 46.2 Å². The lowest BCUT2D eigenvalue weighted by molar-refractivity contribution is 0.0172. The second-order valence-corrected chi connectivity index (χ2v) is 7.72. The van der Waals surface area contributed by atoms with E-state index in [0.29, 0.717) is 13.2 Å². The van der Waals surface area contributed by atoms with Gasteiger partial charge in [-0.15, -0.1) is 0 Å². The highest BCUT2D eigenvalue weighted by Crippen LogP contribution is 2.36. The molecule has 4 rings (SSSR count). The third kappa shape index (κ3) is 2.57. The first-order chi connectivity index (χ1) is 11.4. The van der Waals surface area contributed by atoms with Gasteiger partial charge in [0.15, 0.2) is 0 Å². The minimum absolute atomic E-state index is 0.0481. The molecule has 0 aliphatic carbocycles. The largest absolute Gasteiger partial charge is 0.388 e. The third-order valence-electron chi connectivity index (χ3n) is 5.04. The molecule has 1 aromatic heterocycles. The molecule has 3 heterocycles. The smallest absolute Gasteiger partial charge is 0.140 e. The van der Waals surface area contributed by atoms with Gasteiger partial charge in [-0.25, -0.2) is 4.98 Å². The Morgan fingerprint density at radius 3 is 2.50 bits per heavy atom. The summed E-state index contributed by atoms with van der Waals surface area (Å²) in [5.74, 6) is 0.912. The quantitative estimate of drug-likeness (QED) is 0.920. The lowest BCUT2D eigenvalue weighted by atomic mass is 9.86. The standard InChI is InChI=1S/C19H24N2O3/c1-19(2,3)13-6-4-12(5-7-13)18-20-8-9-21(18)14-10-23-17-15(22)11-24-16(14)17/h4-9,14-17,22H,10-11H2,1-3H3/t14-,15-,16-,17-/m1/s1. The minimum atomic E-state index is -0.530. The van der Waals surface area contributed by atoms with Crippen LogP contribution in [0.3, 0.4) is 0 Å². The van der Waals surface area contributed by atoms with Gasteiger partial charge in [0.2, 0.25) is 0 Å². The summed E-state index contributed by atoms with van der Waals surface area (Å²) in [5, 5.41) is 9.93. The molecule has 24 heavy (non-hydrogen) atoms. The van der Waals surface area contributed by atoms with Gasteiger partial charge in [-0.1, -0.05) is 45.0 Å². The van der Waals surface area contributed by atoms with E-state index in [2.05, 4.69) is 54.6 Å². The highest BCUT2D eigenvalue weighted by atomic mass is 16.6. The van der Waals surface area contributed by atoms with Gasteiger partial charge in [0.1, 0.15) is 24.1 Å². The molecule has 128 valence electrons. The van der Waals surface area contributed by atoms with E-state index >= 15 is 0 Å². The minimum Gasteiger partial charge on any atom is -0.388 e. The molecule has 0 spiro atoms. The van der Waals surface area contributed by atoms with Crippen LogP contribution in [0.15, 0.2) is 36.7 Å². The number of imidazole rings is 1. The van der Waals surface area contributed by atoms with Gasteiger partial charge in [0.05, 0.1) is 19.3 Å². The summed E-state index contributed by atoms with van der Waals surface area (Å²) in [6.45, 7) is 7.51. The van der Waals surface area contributed by atoms with Crippen LogP contribution in [0.1, 0.15) is 32.4 Å². The fraction of sp³-hybridized carbons (Fsp3) is 0.526. The summed E-state index contributed by atoms with van der Waals surface area (Å²) in [7, 11) is 0. The molecule has 1 aromatic carbocycles. The molecular weight excluding hydrogens is 304 g/mol. The molecule has 5 heteroatoms. The molecule has 2 fully saturated rings. The first-order valence-electron chi connectivity index (χ1n) is 8.50.